The SMILES string of the molecule is ClC[C@H]1CNc2cc(N=C(c3ccccc3)c3ccccc3)c3ccccc3c21. The molecular weight excluding hydrogens is 376 g/mol. The maximum absolute atomic E-state index is 6.25. The fourth-order valence-corrected chi connectivity index (χ4v) is 4.40. The zero-order valence-electron chi connectivity index (χ0n) is 16.0. The molecule has 0 unspecified atom stereocenters. The van der Waals surface area contributed by atoms with Crippen LogP contribution in [0.3, 0.4) is 0 Å². The molecule has 29 heavy (non-hydrogen) atoms. The smallest absolute Gasteiger partial charge is 0.0781 e. The monoisotopic (exact) mass is 396 g/mol. The van der Waals surface area contributed by atoms with Crippen molar-refractivity contribution in [3.05, 3.63) is 108 Å². The van der Waals surface area contributed by atoms with Crippen LogP contribution >= 0.6 is 11.6 Å². The number of fused-ring (bicyclic) bond motifs is 3. The second-order valence-electron chi connectivity index (χ2n) is 7.33. The summed E-state index contributed by atoms with van der Waals surface area (Å²) >= 11 is 6.25. The first kappa shape index (κ1) is 18.0. The van der Waals surface area contributed by atoms with Gasteiger partial charge in [0.1, 0.15) is 0 Å². The maximum Gasteiger partial charge on any atom is 0.0781 e. The highest BCUT2D eigenvalue weighted by molar-refractivity contribution is 6.19. The summed E-state index contributed by atoms with van der Waals surface area (Å²) in [6, 6.07) is 31.4. The molecule has 0 saturated heterocycles. The molecule has 0 fully saturated rings. The molecule has 4 aromatic rings. The van der Waals surface area contributed by atoms with Crippen LogP contribution in [0.2, 0.25) is 0 Å². The molecule has 1 aliphatic rings. The van der Waals surface area contributed by atoms with E-state index in [9.17, 15) is 0 Å². The highest BCUT2D eigenvalue weighted by atomic mass is 35.5. The van der Waals surface area contributed by atoms with Crippen LogP contribution in [0.15, 0.2) is 96.0 Å². The second kappa shape index (κ2) is 7.73. The maximum atomic E-state index is 6.25. The highest BCUT2D eigenvalue weighted by Crippen LogP contribution is 2.42. The van der Waals surface area contributed by atoms with Gasteiger partial charge in [-0.2, -0.15) is 0 Å². The van der Waals surface area contributed by atoms with Crippen molar-refractivity contribution in [2.75, 3.05) is 17.7 Å². The normalized spacial score (nSPS) is 15.0. The molecule has 0 bridgehead atoms. The molecule has 1 aliphatic heterocycles. The van der Waals surface area contributed by atoms with E-state index in [1.807, 2.05) is 12.1 Å². The van der Waals surface area contributed by atoms with Gasteiger partial charge in [0, 0.05) is 40.5 Å². The number of halogens is 1. The van der Waals surface area contributed by atoms with Crippen LogP contribution in [0, 0.1) is 0 Å². The third-order valence-electron chi connectivity index (χ3n) is 5.52. The summed E-state index contributed by atoms with van der Waals surface area (Å²) in [5.74, 6) is 0.948. The van der Waals surface area contributed by atoms with Gasteiger partial charge in [-0.3, -0.25) is 0 Å². The number of aliphatic imine (C=N–C) groups is 1. The molecule has 3 heteroatoms. The van der Waals surface area contributed by atoms with Gasteiger partial charge < -0.3 is 5.32 Å². The average molecular weight is 397 g/mol. The lowest BCUT2D eigenvalue weighted by molar-refractivity contribution is 0.869. The Balaban J connectivity index is 1.76. The van der Waals surface area contributed by atoms with Gasteiger partial charge in [0.2, 0.25) is 0 Å². The largest absolute Gasteiger partial charge is 0.384 e. The number of anilines is 1. The standard InChI is InChI=1S/C26H21ClN2/c27-16-20-17-28-24-15-23(21-13-7-8-14-22(21)25(20)24)29-26(18-9-3-1-4-10-18)19-11-5-2-6-12-19/h1-15,20,28H,16-17H2/t20-/m0/s1. The van der Waals surface area contributed by atoms with Gasteiger partial charge in [-0.25, -0.2) is 4.99 Å². The lowest BCUT2D eigenvalue weighted by Gasteiger charge is -2.14. The Labute approximate surface area is 175 Å². The van der Waals surface area contributed by atoms with Crippen molar-refractivity contribution in [3.8, 4) is 0 Å². The van der Waals surface area contributed by atoms with Crippen molar-refractivity contribution in [1.29, 1.82) is 0 Å². The number of nitrogens with one attached hydrogen (secondary N) is 1. The summed E-state index contributed by atoms with van der Waals surface area (Å²) in [6.07, 6.45) is 0. The van der Waals surface area contributed by atoms with Gasteiger partial charge in [0.25, 0.3) is 0 Å². The summed E-state index contributed by atoms with van der Waals surface area (Å²) < 4.78 is 0. The highest BCUT2D eigenvalue weighted by Gasteiger charge is 2.25. The van der Waals surface area contributed by atoms with Crippen molar-refractivity contribution in [3.63, 3.8) is 0 Å². The summed E-state index contributed by atoms with van der Waals surface area (Å²) in [6.45, 7) is 0.875. The van der Waals surface area contributed by atoms with E-state index in [0.717, 1.165) is 40.1 Å². The first-order chi connectivity index (χ1) is 14.3. The Morgan fingerprint density at radius 3 is 2.03 bits per heavy atom. The average Bonchev–Trinajstić information content (AvgIpc) is 3.22. The van der Waals surface area contributed by atoms with Crippen LogP contribution in [-0.4, -0.2) is 18.1 Å². The van der Waals surface area contributed by atoms with E-state index < -0.39 is 0 Å². The molecule has 2 nitrogen and oxygen atoms in total. The molecule has 0 aromatic heterocycles. The van der Waals surface area contributed by atoms with E-state index in [4.69, 9.17) is 16.6 Å². The van der Waals surface area contributed by atoms with Gasteiger partial charge in [-0.05, 0) is 17.0 Å². The van der Waals surface area contributed by atoms with Crippen LogP contribution in [-0.2, 0) is 0 Å². The molecule has 1 atom stereocenters. The topological polar surface area (TPSA) is 24.4 Å². The number of benzene rings is 4. The lowest BCUT2D eigenvalue weighted by atomic mass is 9.94. The van der Waals surface area contributed by atoms with E-state index in [0.29, 0.717) is 11.8 Å². The molecule has 0 saturated carbocycles. The van der Waals surface area contributed by atoms with Gasteiger partial charge >= 0.3 is 0 Å². The Hall–Kier alpha value is -3.10. The zero-order chi connectivity index (χ0) is 19.6. The van der Waals surface area contributed by atoms with Crippen molar-refractivity contribution in [2.24, 2.45) is 4.99 Å². The minimum absolute atomic E-state index is 0.331. The number of nitrogens with zero attached hydrogens (tertiary/aromatic N) is 1. The first-order valence-corrected chi connectivity index (χ1v) is 10.4. The number of alkyl halides is 1. The minimum Gasteiger partial charge on any atom is -0.384 e. The van der Waals surface area contributed by atoms with Crippen LogP contribution in [0.1, 0.15) is 22.6 Å². The fraction of sp³-hybridized carbons (Fsp3) is 0.115. The van der Waals surface area contributed by atoms with Crippen LogP contribution < -0.4 is 5.32 Å². The summed E-state index contributed by atoms with van der Waals surface area (Å²) in [5, 5.41) is 5.93. The van der Waals surface area contributed by atoms with Crippen molar-refractivity contribution < 1.29 is 0 Å². The number of hydrogen-bond acceptors (Lipinski definition) is 2. The third-order valence-corrected chi connectivity index (χ3v) is 5.90. The third kappa shape index (κ3) is 3.30. The van der Waals surface area contributed by atoms with Crippen molar-refractivity contribution >= 4 is 39.5 Å². The quantitative estimate of drug-likeness (QED) is 0.299. The van der Waals surface area contributed by atoms with E-state index in [-0.39, 0.29) is 0 Å². The van der Waals surface area contributed by atoms with E-state index in [1.54, 1.807) is 0 Å². The zero-order valence-corrected chi connectivity index (χ0v) is 16.7. The van der Waals surface area contributed by atoms with Crippen LogP contribution in [0.25, 0.3) is 10.8 Å². The minimum atomic E-state index is 0.331. The van der Waals surface area contributed by atoms with E-state index >= 15 is 0 Å². The molecule has 1 heterocycles. The summed E-state index contributed by atoms with van der Waals surface area (Å²) in [5.41, 5.74) is 6.63. The Morgan fingerprint density at radius 1 is 0.828 bits per heavy atom. The van der Waals surface area contributed by atoms with Gasteiger partial charge in [0.15, 0.2) is 0 Å². The molecule has 4 aromatic carbocycles. The van der Waals surface area contributed by atoms with E-state index in [1.165, 1.54) is 10.9 Å². The molecule has 142 valence electrons. The first-order valence-electron chi connectivity index (χ1n) is 9.90. The fourth-order valence-electron chi connectivity index (χ4n) is 4.13. The molecule has 5 rings (SSSR count). The van der Waals surface area contributed by atoms with Crippen molar-refractivity contribution in [2.45, 2.75) is 5.92 Å². The van der Waals surface area contributed by atoms with Gasteiger partial charge in [-0.1, -0.05) is 84.9 Å². The van der Waals surface area contributed by atoms with Crippen LogP contribution in [0.5, 0.6) is 0 Å². The van der Waals surface area contributed by atoms with Crippen LogP contribution in [0.4, 0.5) is 11.4 Å². The van der Waals surface area contributed by atoms with Crippen molar-refractivity contribution in [1.82, 2.24) is 0 Å². The Kier molecular flexibility index (Phi) is 4.79. The van der Waals surface area contributed by atoms with Gasteiger partial charge in [-0.15, -0.1) is 11.6 Å². The molecule has 0 spiro atoms. The van der Waals surface area contributed by atoms with E-state index in [2.05, 4.69) is 84.2 Å². The molecule has 0 amide bonds. The Bertz CT molecular complexity index is 1140. The Morgan fingerprint density at radius 2 is 1.41 bits per heavy atom. The predicted octanol–water partition coefficient (Wildman–Crippen LogP) is 6.76. The molecular formula is C26H21ClN2. The predicted molar refractivity (Wildman–Crippen MR) is 124 cm³/mol. The molecule has 0 aliphatic carbocycles. The van der Waals surface area contributed by atoms with Gasteiger partial charge in [0.05, 0.1) is 11.4 Å². The summed E-state index contributed by atoms with van der Waals surface area (Å²) in [7, 11) is 0. The molecule has 1 N–H and O–H groups in total. The number of hydrogen-bond donors (Lipinski definition) is 1. The molecule has 0 radical (unpaired) electrons. The second-order valence-corrected chi connectivity index (χ2v) is 7.64. The number of rotatable bonds is 4. The lowest BCUT2D eigenvalue weighted by Crippen LogP contribution is -2.03. The summed E-state index contributed by atoms with van der Waals surface area (Å²) in [4.78, 5) is 5.20.